The van der Waals surface area contributed by atoms with E-state index in [4.69, 9.17) is 23.4 Å². The van der Waals surface area contributed by atoms with E-state index in [1.54, 1.807) is 26.4 Å². The van der Waals surface area contributed by atoms with Gasteiger partial charge in [0.05, 0.1) is 44.7 Å². The van der Waals surface area contributed by atoms with Crippen LogP contribution >= 0.6 is 0 Å². The van der Waals surface area contributed by atoms with E-state index < -0.39 is 58.2 Å². The maximum absolute atomic E-state index is 14.0. The molecule has 1 aliphatic heterocycles. The molecule has 1 aromatic heterocycles. The van der Waals surface area contributed by atoms with Crippen molar-refractivity contribution in [2.45, 2.75) is 71.7 Å². The number of carbonyl (C=O) groups excluding carboxylic acids is 4. The fraction of sp³-hybridized carbons (Fsp3) is 0.600. The average molecular weight is 541 g/mol. The molecule has 9 nitrogen and oxygen atoms in total. The van der Waals surface area contributed by atoms with Crippen molar-refractivity contribution in [3.63, 3.8) is 0 Å². The highest BCUT2D eigenvalue weighted by molar-refractivity contribution is 5.99. The Labute approximate surface area is 227 Å². The molecule has 5 rings (SSSR count). The molecule has 0 amide bonds. The molecule has 3 aliphatic carbocycles. The van der Waals surface area contributed by atoms with Crippen LogP contribution in [0.1, 0.15) is 58.9 Å². The number of fused-ring (bicyclic) bond motifs is 4. The Balaban J connectivity index is 1.78. The summed E-state index contributed by atoms with van der Waals surface area (Å²) in [6, 6.07) is 1.93. The Kier molecular flexibility index (Phi) is 6.44. The van der Waals surface area contributed by atoms with Crippen LogP contribution in [0.5, 0.6) is 0 Å². The first-order valence-corrected chi connectivity index (χ1v) is 13.3. The van der Waals surface area contributed by atoms with Crippen LogP contribution in [0.15, 0.2) is 46.3 Å². The van der Waals surface area contributed by atoms with Gasteiger partial charge in [0.1, 0.15) is 12.2 Å². The number of ether oxygens (including phenoxy) is 4. The highest BCUT2D eigenvalue weighted by Crippen LogP contribution is 2.70. The van der Waals surface area contributed by atoms with Gasteiger partial charge in [0, 0.05) is 29.6 Å². The lowest BCUT2D eigenvalue weighted by atomic mass is 9.41. The number of carbonyl (C=O) groups is 4. The summed E-state index contributed by atoms with van der Waals surface area (Å²) in [7, 11) is 2.60. The third kappa shape index (κ3) is 3.61. The second-order valence-electron chi connectivity index (χ2n) is 11.9. The normalized spacial score (nSPS) is 40.5. The van der Waals surface area contributed by atoms with Gasteiger partial charge in [-0.2, -0.15) is 0 Å². The lowest BCUT2D eigenvalue weighted by Gasteiger charge is -2.62. The quantitative estimate of drug-likeness (QED) is 0.311. The third-order valence-electron chi connectivity index (χ3n) is 10.2. The number of hydrogen-bond acceptors (Lipinski definition) is 9. The molecule has 1 saturated heterocycles. The molecule has 1 aromatic rings. The number of rotatable bonds is 5. The lowest BCUT2D eigenvalue weighted by Crippen LogP contribution is -2.70. The first-order chi connectivity index (χ1) is 18.3. The first kappa shape index (κ1) is 27.4. The molecule has 9 heteroatoms. The molecule has 0 radical (unpaired) electrons. The van der Waals surface area contributed by atoms with E-state index in [2.05, 4.69) is 6.92 Å². The SMILES string of the molecule is COC(=O)C[C@H]1[C@]2(C)C3=C(C)[C@@H](c4ccoc4)C[C@H]3O[C@@H]2[C@@H](OC(C)=O)[C@H]2[C@]1(C)C(=O)C=C[C@@]2(C)C(=O)OC. The minimum Gasteiger partial charge on any atom is -0.472 e. The molecule has 4 aliphatic rings. The van der Waals surface area contributed by atoms with E-state index >= 15 is 0 Å². The fourth-order valence-corrected chi connectivity index (χ4v) is 8.57. The molecule has 0 bridgehead atoms. The summed E-state index contributed by atoms with van der Waals surface area (Å²) in [5.74, 6) is -3.26. The maximum atomic E-state index is 14.0. The topological polar surface area (TPSA) is 118 Å². The highest BCUT2D eigenvalue weighted by atomic mass is 16.6. The van der Waals surface area contributed by atoms with Gasteiger partial charge in [0.15, 0.2) is 5.78 Å². The number of hydrogen-bond donors (Lipinski definition) is 0. The standard InChI is InChI=1S/C30H36O9/c1-15-18(17-9-11-37-14-17)12-19-23(15)30(5)20(13-22(33)35-6)29(4)21(32)8-10-28(3,27(34)36-7)25(29)24(26(30)39-19)38-16(2)31/h8-11,14,18-20,24-26H,12-13H2,1-7H3/t18-,19+,20+,24-,25+,26+,28+,29-,30+/m0/s1. The molecular formula is C30H36O9. The van der Waals surface area contributed by atoms with Crippen molar-refractivity contribution < 1.29 is 42.5 Å². The minimum absolute atomic E-state index is 0.0419. The van der Waals surface area contributed by atoms with Crippen molar-refractivity contribution in [1.82, 2.24) is 0 Å². The van der Waals surface area contributed by atoms with Gasteiger partial charge in [-0.15, -0.1) is 0 Å². The van der Waals surface area contributed by atoms with E-state index in [9.17, 15) is 19.2 Å². The maximum Gasteiger partial charge on any atom is 0.315 e. The van der Waals surface area contributed by atoms with Crippen LogP contribution in [0.2, 0.25) is 0 Å². The first-order valence-electron chi connectivity index (χ1n) is 13.3. The zero-order valence-electron chi connectivity index (χ0n) is 23.4. The second-order valence-corrected chi connectivity index (χ2v) is 11.9. The van der Waals surface area contributed by atoms with Gasteiger partial charge in [-0.1, -0.05) is 25.5 Å². The van der Waals surface area contributed by atoms with Crippen molar-refractivity contribution >= 4 is 23.7 Å². The van der Waals surface area contributed by atoms with Gasteiger partial charge in [0.25, 0.3) is 0 Å². The van der Waals surface area contributed by atoms with E-state index in [0.29, 0.717) is 6.42 Å². The Hall–Kier alpha value is -3.20. The summed E-state index contributed by atoms with van der Waals surface area (Å²) in [6.07, 6.45) is 4.88. The van der Waals surface area contributed by atoms with Gasteiger partial charge in [-0.3, -0.25) is 19.2 Å². The largest absolute Gasteiger partial charge is 0.472 e. The van der Waals surface area contributed by atoms with E-state index in [1.807, 2.05) is 13.0 Å². The van der Waals surface area contributed by atoms with Crippen LogP contribution in [0.3, 0.4) is 0 Å². The van der Waals surface area contributed by atoms with Crippen LogP contribution < -0.4 is 0 Å². The predicted molar refractivity (Wildman–Crippen MR) is 137 cm³/mol. The molecule has 2 fully saturated rings. The van der Waals surface area contributed by atoms with Crippen LogP contribution in [-0.4, -0.2) is 56.2 Å². The van der Waals surface area contributed by atoms with Crippen molar-refractivity contribution in [2.75, 3.05) is 14.2 Å². The van der Waals surface area contributed by atoms with Gasteiger partial charge in [-0.25, -0.2) is 0 Å². The third-order valence-corrected chi connectivity index (χ3v) is 10.2. The number of esters is 3. The molecule has 0 spiro atoms. The summed E-state index contributed by atoms with van der Waals surface area (Å²) < 4.78 is 28.5. The molecule has 210 valence electrons. The molecule has 0 N–H and O–H groups in total. The number of allylic oxidation sites excluding steroid dienone is 2. The monoisotopic (exact) mass is 540 g/mol. The van der Waals surface area contributed by atoms with Crippen molar-refractivity contribution in [1.29, 1.82) is 0 Å². The summed E-state index contributed by atoms with van der Waals surface area (Å²) >= 11 is 0. The Morgan fingerprint density at radius 2 is 1.82 bits per heavy atom. The van der Waals surface area contributed by atoms with Crippen LogP contribution in [-0.2, 0) is 38.1 Å². The van der Waals surface area contributed by atoms with Gasteiger partial charge < -0.3 is 23.4 Å². The van der Waals surface area contributed by atoms with Gasteiger partial charge in [0.2, 0.25) is 0 Å². The molecular weight excluding hydrogens is 504 g/mol. The average Bonchev–Trinajstić information content (AvgIpc) is 3.60. The highest BCUT2D eigenvalue weighted by Gasteiger charge is 2.75. The smallest absolute Gasteiger partial charge is 0.315 e. The molecule has 0 unspecified atom stereocenters. The second kappa shape index (κ2) is 9.18. The van der Waals surface area contributed by atoms with E-state index in [0.717, 1.165) is 16.7 Å². The zero-order valence-corrected chi connectivity index (χ0v) is 23.4. The van der Waals surface area contributed by atoms with E-state index in [-0.39, 0.29) is 24.2 Å². The molecule has 9 atom stereocenters. The van der Waals surface area contributed by atoms with Crippen LogP contribution in [0.4, 0.5) is 0 Å². The Morgan fingerprint density at radius 1 is 1.10 bits per heavy atom. The molecule has 0 aromatic carbocycles. The summed E-state index contributed by atoms with van der Waals surface area (Å²) in [4.78, 5) is 52.9. The van der Waals surface area contributed by atoms with Gasteiger partial charge >= 0.3 is 17.9 Å². The number of ketones is 1. The lowest BCUT2D eigenvalue weighted by molar-refractivity contribution is -0.226. The van der Waals surface area contributed by atoms with E-state index in [1.165, 1.54) is 33.3 Å². The van der Waals surface area contributed by atoms with Crippen molar-refractivity contribution in [3.8, 4) is 0 Å². The predicted octanol–water partition coefficient (Wildman–Crippen LogP) is 3.92. The van der Waals surface area contributed by atoms with Crippen molar-refractivity contribution in [2.24, 2.45) is 28.1 Å². The fourth-order valence-electron chi connectivity index (χ4n) is 8.57. The Morgan fingerprint density at radius 3 is 2.41 bits per heavy atom. The number of furan rings is 1. The van der Waals surface area contributed by atoms with Crippen LogP contribution in [0.25, 0.3) is 0 Å². The Bertz CT molecular complexity index is 1280. The number of methoxy groups -OCH3 is 2. The molecule has 39 heavy (non-hydrogen) atoms. The van der Waals surface area contributed by atoms with Gasteiger partial charge in [-0.05, 0) is 49.5 Å². The summed E-state index contributed by atoms with van der Waals surface area (Å²) in [6.45, 7) is 8.83. The van der Waals surface area contributed by atoms with Crippen molar-refractivity contribution in [3.05, 3.63) is 47.5 Å². The summed E-state index contributed by atoms with van der Waals surface area (Å²) in [5.41, 5.74) is -0.391. The molecule has 2 heterocycles. The minimum atomic E-state index is -1.32. The summed E-state index contributed by atoms with van der Waals surface area (Å²) in [5, 5.41) is 0. The zero-order chi connectivity index (χ0) is 28.5. The molecule has 1 saturated carbocycles. The van der Waals surface area contributed by atoms with Crippen LogP contribution in [0, 0.1) is 28.1 Å².